The fourth-order valence-corrected chi connectivity index (χ4v) is 5.35. The van der Waals surface area contributed by atoms with Crippen LogP contribution in [0, 0.1) is 5.92 Å². The lowest BCUT2D eigenvalue weighted by molar-refractivity contribution is -0.305. The highest BCUT2D eigenvalue weighted by Crippen LogP contribution is 2.30. The first-order chi connectivity index (χ1) is 27.2. The molecule has 0 saturated heterocycles. The van der Waals surface area contributed by atoms with E-state index in [9.17, 15) is 52.7 Å². The van der Waals surface area contributed by atoms with Gasteiger partial charge in [0.1, 0.15) is 26.4 Å². The van der Waals surface area contributed by atoms with Gasteiger partial charge in [-0.15, -0.1) is 0 Å². The largest absolute Gasteiger partial charge is 0.411 e. The van der Waals surface area contributed by atoms with Gasteiger partial charge in [0.15, 0.2) is 11.6 Å². The van der Waals surface area contributed by atoms with Gasteiger partial charge >= 0.3 is 24.7 Å². The van der Waals surface area contributed by atoms with Crippen molar-refractivity contribution in [3.05, 3.63) is 58.2 Å². The molecule has 0 fully saturated rings. The first kappa shape index (κ1) is 59.8. The van der Waals surface area contributed by atoms with Gasteiger partial charge in [-0.05, 0) is 126 Å². The third-order valence-corrected chi connectivity index (χ3v) is 8.85. The molecule has 60 heavy (non-hydrogen) atoms. The first-order valence-electron chi connectivity index (χ1n) is 20.3. The fraction of sp³-hybridized carbons (Fsp3) is 0.773. The van der Waals surface area contributed by atoms with Crippen LogP contribution in [0.4, 0.5) is 52.7 Å². The molecule has 0 aliphatic carbocycles. The molecule has 0 aromatic carbocycles. The van der Waals surface area contributed by atoms with E-state index < -0.39 is 62.7 Å². The van der Waals surface area contributed by atoms with Crippen molar-refractivity contribution in [3.63, 3.8) is 0 Å². The molecule has 0 aromatic heterocycles. The van der Waals surface area contributed by atoms with Crippen LogP contribution >= 0.6 is 0 Å². The zero-order valence-electron chi connectivity index (χ0n) is 37.2. The van der Waals surface area contributed by atoms with Gasteiger partial charge in [0.25, 0.3) is 0 Å². The minimum Gasteiger partial charge on any atom is -0.341 e. The summed E-state index contributed by atoms with van der Waals surface area (Å²) < 4.78 is 168. The van der Waals surface area contributed by atoms with E-state index in [-0.39, 0.29) is 25.7 Å². The van der Waals surface area contributed by atoms with Crippen molar-refractivity contribution in [2.75, 3.05) is 26.4 Å². The molecule has 0 aliphatic heterocycles. The average molecular weight is 891 g/mol. The Bertz CT molecular complexity index is 1280. The number of alkyl halides is 12. The molecule has 0 radical (unpaired) electrons. The molecule has 0 N–H and O–H groups in total. The third-order valence-electron chi connectivity index (χ3n) is 8.85. The van der Waals surface area contributed by atoms with Crippen LogP contribution in [0.5, 0.6) is 0 Å². The van der Waals surface area contributed by atoms with Crippen LogP contribution in [0.2, 0.25) is 0 Å². The zero-order chi connectivity index (χ0) is 46.8. The topological polar surface area (TPSA) is 36.9 Å². The number of allylic oxidation sites excluding steroid dienone is 10. The monoisotopic (exact) mass is 891 g/mol. The standard InChI is InChI=1S/C22H36F6O2.C22H34F6O2/c2*1-17(2)9-6-10-18(3)11-7-12-19(4)13-8-14-20(5,29-15-21(23,24)25)30-16-22(26,27)28/h11,13,17H,6-10,12,14-16H2,1-5H3;9,11,13H,6-8,10,12,14-16H2,1-5H3/b2*18-11+,19-13+. The Morgan fingerprint density at radius 2 is 0.683 bits per heavy atom. The summed E-state index contributed by atoms with van der Waals surface area (Å²) in [5.74, 6) is -3.24. The molecule has 0 saturated carbocycles. The minimum atomic E-state index is -4.65. The van der Waals surface area contributed by atoms with Gasteiger partial charge in [-0.25, -0.2) is 0 Å². The van der Waals surface area contributed by atoms with E-state index in [1.54, 1.807) is 6.08 Å². The number of rotatable bonds is 27. The second-order valence-corrected chi connectivity index (χ2v) is 16.3. The zero-order valence-corrected chi connectivity index (χ0v) is 37.2. The van der Waals surface area contributed by atoms with E-state index >= 15 is 0 Å². The summed E-state index contributed by atoms with van der Waals surface area (Å²) >= 11 is 0. The van der Waals surface area contributed by atoms with Crippen molar-refractivity contribution < 1.29 is 71.6 Å². The van der Waals surface area contributed by atoms with Crippen molar-refractivity contribution in [1.82, 2.24) is 0 Å². The predicted molar refractivity (Wildman–Crippen MR) is 214 cm³/mol. The Balaban J connectivity index is 0. The number of halogens is 12. The summed E-state index contributed by atoms with van der Waals surface area (Å²) in [4.78, 5) is 0. The maximum Gasteiger partial charge on any atom is 0.411 e. The van der Waals surface area contributed by atoms with Gasteiger partial charge in [0, 0.05) is 12.8 Å². The lowest BCUT2D eigenvalue weighted by Crippen LogP contribution is -2.39. The maximum absolute atomic E-state index is 12.4. The van der Waals surface area contributed by atoms with Crippen LogP contribution in [0.1, 0.15) is 153 Å². The second kappa shape index (κ2) is 29.1. The molecule has 0 aliphatic rings. The molecule has 16 heteroatoms. The Hall–Kier alpha value is -2.30. The molecule has 354 valence electrons. The molecule has 0 aromatic rings. The van der Waals surface area contributed by atoms with Crippen molar-refractivity contribution in [3.8, 4) is 0 Å². The summed E-state index contributed by atoms with van der Waals surface area (Å²) in [5.41, 5.74) is 5.94. The molecular weight excluding hydrogens is 820 g/mol. The Morgan fingerprint density at radius 1 is 0.417 bits per heavy atom. The summed E-state index contributed by atoms with van der Waals surface area (Å²) in [5, 5.41) is 0. The van der Waals surface area contributed by atoms with Gasteiger partial charge in [-0.1, -0.05) is 78.5 Å². The van der Waals surface area contributed by atoms with E-state index in [4.69, 9.17) is 0 Å². The van der Waals surface area contributed by atoms with E-state index in [2.05, 4.69) is 78.7 Å². The minimum absolute atomic E-state index is 0.111. The lowest BCUT2D eigenvalue weighted by atomic mass is 10.0. The molecule has 0 rings (SSSR count). The summed E-state index contributed by atoms with van der Waals surface area (Å²) in [7, 11) is 0. The van der Waals surface area contributed by atoms with Gasteiger partial charge in [0.2, 0.25) is 0 Å². The molecule has 0 amide bonds. The molecule has 0 unspecified atom stereocenters. The number of ether oxygens (including phenoxy) is 4. The lowest BCUT2D eigenvalue weighted by Gasteiger charge is -2.30. The van der Waals surface area contributed by atoms with E-state index in [0.717, 1.165) is 76.4 Å². The Morgan fingerprint density at radius 3 is 0.950 bits per heavy atom. The highest BCUT2D eigenvalue weighted by atomic mass is 19.4. The van der Waals surface area contributed by atoms with Gasteiger partial charge in [-0.3, -0.25) is 0 Å². The van der Waals surface area contributed by atoms with Crippen molar-refractivity contribution >= 4 is 0 Å². The summed E-state index contributed by atoms with van der Waals surface area (Å²) in [6.45, 7) is 12.0. The first-order valence-corrected chi connectivity index (χ1v) is 20.3. The molecule has 0 heterocycles. The maximum atomic E-state index is 12.4. The third kappa shape index (κ3) is 41.1. The van der Waals surface area contributed by atoms with E-state index in [1.165, 1.54) is 23.1 Å². The van der Waals surface area contributed by atoms with E-state index in [1.807, 2.05) is 19.9 Å². The van der Waals surface area contributed by atoms with Crippen LogP contribution in [0.3, 0.4) is 0 Å². The quantitative estimate of drug-likeness (QED) is 0.0468. The van der Waals surface area contributed by atoms with Crippen molar-refractivity contribution in [2.24, 2.45) is 5.92 Å². The summed E-state index contributed by atoms with van der Waals surface area (Å²) in [6, 6.07) is 0. The molecule has 0 atom stereocenters. The van der Waals surface area contributed by atoms with Crippen LogP contribution in [0.25, 0.3) is 0 Å². The molecule has 4 nitrogen and oxygen atoms in total. The van der Waals surface area contributed by atoms with Gasteiger partial charge < -0.3 is 18.9 Å². The van der Waals surface area contributed by atoms with Crippen LogP contribution in [0.15, 0.2) is 58.2 Å². The Kier molecular flexibility index (Phi) is 29.0. The van der Waals surface area contributed by atoms with Gasteiger partial charge in [0.05, 0.1) is 0 Å². The molecular formula is C44H70F12O4. The van der Waals surface area contributed by atoms with Crippen LogP contribution < -0.4 is 0 Å². The van der Waals surface area contributed by atoms with Crippen LogP contribution in [-0.2, 0) is 18.9 Å². The highest BCUT2D eigenvalue weighted by molar-refractivity contribution is 5.06. The van der Waals surface area contributed by atoms with Crippen molar-refractivity contribution in [2.45, 2.75) is 189 Å². The van der Waals surface area contributed by atoms with E-state index in [0.29, 0.717) is 5.92 Å². The average Bonchev–Trinajstić information content (AvgIpc) is 3.07. The molecule has 0 bridgehead atoms. The van der Waals surface area contributed by atoms with Crippen molar-refractivity contribution in [1.29, 1.82) is 0 Å². The number of hydrogen-bond donors (Lipinski definition) is 0. The van der Waals surface area contributed by atoms with Crippen LogP contribution in [-0.4, -0.2) is 62.7 Å². The Labute approximate surface area is 350 Å². The summed E-state index contributed by atoms with van der Waals surface area (Å²) in [6.07, 6.45) is 0.445. The van der Waals surface area contributed by atoms with Gasteiger partial charge in [-0.2, -0.15) is 52.7 Å². The highest BCUT2D eigenvalue weighted by Gasteiger charge is 2.39. The normalized spacial score (nSPS) is 14.4. The smallest absolute Gasteiger partial charge is 0.341 e. The number of hydrogen-bond acceptors (Lipinski definition) is 4. The fourth-order valence-electron chi connectivity index (χ4n) is 5.35. The molecule has 0 spiro atoms. The SMILES string of the molecule is C/C(=C\CCC(C)(OCC(F)(F)F)OCC(F)(F)F)CC/C=C(\C)CCCC(C)C.CC(C)=CCC/C(C)=C/CC/C(C)=C/CCC(C)(OCC(F)(F)F)OCC(F)(F)F. The predicted octanol–water partition coefficient (Wildman–Crippen LogP) is 16.2. The second-order valence-electron chi connectivity index (χ2n) is 16.3.